The molecule has 0 bridgehead atoms. The van der Waals surface area contributed by atoms with Gasteiger partial charge in [0.2, 0.25) is 11.8 Å². The van der Waals surface area contributed by atoms with Gasteiger partial charge < -0.3 is 10.2 Å². The molecule has 2 heterocycles. The van der Waals surface area contributed by atoms with Crippen LogP contribution in [-0.2, 0) is 29.6 Å². The summed E-state index contributed by atoms with van der Waals surface area (Å²) in [5.74, 6) is -0.274. The van der Waals surface area contributed by atoms with E-state index in [0.29, 0.717) is 5.02 Å². The number of aryl methyl sites for hydroxylation is 2. The fourth-order valence-electron chi connectivity index (χ4n) is 4.66. The zero-order chi connectivity index (χ0) is 24.1. The zero-order valence-corrected chi connectivity index (χ0v) is 21.2. The maximum absolute atomic E-state index is 13.8. The van der Waals surface area contributed by atoms with Gasteiger partial charge in [-0.05, 0) is 42.8 Å². The first-order chi connectivity index (χ1) is 16.4. The highest BCUT2D eigenvalue weighted by molar-refractivity contribution is 7.10. The molecule has 0 radical (unpaired) electrons. The smallest absolute Gasteiger partial charge is 0.247 e. The number of nitrogens with one attached hydrogen (secondary N) is 1. The van der Waals surface area contributed by atoms with E-state index in [1.54, 1.807) is 9.58 Å². The van der Waals surface area contributed by atoms with E-state index in [4.69, 9.17) is 11.6 Å². The van der Waals surface area contributed by atoms with E-state index >= 15 is 0 Å². The van der Waals surface area contributed by atoms with E-state index in [-0.39, 0.29) is 30.8 Å². The Morgan fingerprint density at radius 2 is 1.97 bits per heavy atom. The fraction of sp³-hybridized carbons (Fsp3) is 0.423. The van der Waals surface area contributed by atoms with Crippen molar-refractivity contribution in [3.05, 3.63) is 74.7 Å². The lowest BCUT2D eigenvalue weighted by Gasteiger charge is -2.33. The minimum Gasteiger partial charge on any atom is -0.351 e. The van der Waals surface area contributed by atoms with Gasteiger partial charge in [0, 0.05) is 41.3 Å². The minimum atomic E-state index is -0.792. The van der Waals surface area contributed by atoms with Crippen molar-refractivity contribution < 1.29 is 9.59 Å². The number of thiophene rings is 1. The maximum atomic E-state index is 13.8. The number of hydrogen-bond donors (Lipinski definition) is 1. The molecule has 0 unspecified atom stereocenters. The van der Waals surface area contributed by atoms with Crippen LogP contribution in [0.2, 0.25) is 5.02 Å². The van der Waals surface area contributed by atoms with Gasteiger partial charge >= 0.3 is 0 Å². The van der Waals surface area contributed by atoms with Crippen LogP contribution in [0, 0.1) is 6.92 Å². The Labute approximate surface area is 209 Å². The SMILES string of the molecule is Cc1nn(C)cc1[C@@H](C(=O)NC1CCCCC1)N(Cc1ccccc1Cl)C(=O)Cc1cccs1. The molecule has 0 saturated heterocycles. The first-order valence-corrected chi connectivity index (χ1v) is 13.0. The van der Waals surface area contributed by atoms with Crippen molar-refractivity contribution in [3.8, 4) is 0 Å². The number of benzene rings is 1. The van der Waals surface area contributed by atoms with E-state index in [1.165, 1.54) is 17.8 Å². The van der Waals surface area contributed by atoms with Crippen molar-refractivity contribution >= 4 is 34.8 Å². The Bertz CT molecular complexity index is 1120. The predicted molar refractivity (Wildman–Crippen MR) is 136 cm³/mol. The van der Waals surface area contributed by atoms with E-state index in [2.05, 4.69) is 10.4 Å². The van der Waals surface area contributed by atoms with Crippen LogP contribution in [0.1, 0.15) is 59.8 Å². The van der Waals surface area contributed by atoms with Gasteiger partial charge in [0.15, 0.2) is 0 Å². The Morgan fingerprint density at radius 1 is 1.21 bits per heavy atom. The van der Waals surface area contributed by atoms with E-state index < -0.39 is 6.04 Å². The van der Waals surface area contributed by atoms with Crippen LogP contribution in [-0.4, -0.2) is 32.5 Å². The second kappa shape index (κ2) is 11.2. The first-order valence-electron chi connectivity index (χ1n) is 11.8. The molecule has 180 valence electrons. The molecule has 1 aliphatic carbocycles. The summed E-state index contributed by atoms with van der Waals surface area (Å²) in [5.41, 5.74) is 2.28. The number of carbonyl (C=O) groups excluding carboxylic acids is 2. The van der Waals surface area contributed by atoms with Crippen LogP contribution < -0.4 is 5.32 Å². The normalized spacial score (nSPS) is 15.1. The Morgan fingerprint density at radius 3 is 2.62 bits per heavy atom. The summed E-state index contributed by atoms with van der Waals surface area (Å²) in [5, 5.41) is 10.3. The largest absolute Gasteiger partial charge is 0.351 e. The van der Waals surface area contributed by atoms with Crippen molar-refractivity contribution in [3.63, 3.8) is 0 Å². The highest BCUT2D eigenvalue weighted by atomic mass is 35.5. The van der Waals surface area contributed by atoms with Crippen LogP contribution in [0.4, 0.5) is 0 Å². The molecule has 6 nitrogen and oxygen atoms in total. The number of aromatic nitrogens is 2. The van der Waals surface area contributed by atoms with Gasteiger partial charge in [-0.1, -0.05) is 55.1 Å². The summed E-state index contributed by atoms with van der Waals surface area (Å²) in [4.78, 5) is 30.2. The third kappa shape index (κ3) is 5.88. The van der Waals surface area contributed by atoms with Crippen LogP contribution >= 0.6 is 22.9 Å². The number of rotatable bonds is 8. The number of carbonyl (C=O) groups is 2. The summed E-state index contributed by atoms with van der Waals surface area (Å²) in [6.45, 7) is 2.12. The van der Waals surface area contributed by atoms with Crippen molar-refractivity contribution in [2.45, 2.75) is 64.1 Å². The fourth-order valence-corrected chi connectivity index (χ4v) is 5.55. The zero-order valence-electron chi connectivity index (χ0n) is 19.7. The van der Waals surface area contributed by atoms with Crippen LogP contribution in [0.5, 0.6) is 0 Å². The lowest BCUT2D eigenvalue weighted by atomic mass is 9.94. The molecule has 1 aliphatic rings. The van der Waals surface area contributed by atoms with Crippen molar-refractivity contribution in [2.24, 2.45) is 7.05 Å². The van der Waals surface area contributed by atoms with E-state index in [9.17, 15) is 9.59 Å². The van der Waals surface area contributed by atoms with Crippen molar-refractivity contribution in [1.82, 2.24) is 20.0 Å². The van der Waals surface area contributed by atoms with Gasteiger partial charge in [0.1, 0.15) is 6.04 Å². The highest BCUT2D eigenvalue weighted by Crippen LogP contribution is 2.30. The molecular weight excluding hydrogens is 468 g/mol. The number of amides is 2. The average molecular weight is 499 g/mol. The molecule has 1 saturated carbocycles. The third-order valence-corrected chi connectivity index (χ3v) is 7.63. The predicted octanol–water partition coefficient (Wildman–Crippen LogP) is 5.20. The molecule has 3 aromatic rings. The third-order valence-electron chi connectivity index (χ3n) is 6.38. The van der Waals surface area contributed by atoms with Crippen molar-refractivity contribution in [2.75, 3.05) is 0 Å². The van der Waals surface area contributed by atoms with Gasteiger partial charge in [-0.3, -0.25) is 14.3 Å². The molecule has 0 aliphatic heterocycles. The molecule has 1 aromatic carbocycles. The Kier molecular flexibility index (Phi) is 8.06. The minimum absolute atomic E-state index is 0.116. The Hall–Kier alpha value is -2.64. The quantitative estimate of drug-likeness (QED) is 0.464. The lowest BCUT2D eigenvalue weighted by Crippen LogP contribution is -2.47. The monoisotopic (exact) mass is 498 g/mol. The van der Waals surface area contributed by atoms with Gasteiger partial charge in [0.25, 0.3) is 0 Å². The molecule has 0 spiro atoms. The molecule has 2 aromatic heterocycles. The summed E-state index contributed by atoms with van der Waals surface area (Å²) in [7, 11) is 1.83. The Balaban J connectivity index is 1.72. The second-order valence-corrected chi connectivity index (χ2v) is 10.4. The number of nitrogens with zero attached hydrogens (tertiary/aromatic N) is 3. The highest BCUT2D eigenvalue weighted by Gasteiger charge is 2.35. The van der Waals surface area contributed by atoms with Gasteiger partial charge in [-0.25, -0.2) is 0 Å². The lowest BCUT2D eigenvalue weighted by molar-refractivity contribution is -0.141. The van der Waals surface area contributed by atoms with Crippen molar-refractivity contribution in [1.29, 1.82) is 0 Å². The molecule has 1 N–H and O–H groups in total. The second-order valence-electron chi connectivity index (χ2n) is 8.96. The molecular formula is C26H31ClN4O2S. The maximum Gasteiger partial charge on any atom is 0.247 e. The van der Waals surface area contributed by atoms with Crippen LogP contribution in [0.3, 0.4) is 0 Å². The summed E-state index contributed by atoms with van der Waals surface area (Å²) in [6, 6.07) is 10.7. The molecule has 1 fully saturated rings. The van der Waals surface area contributed by atoms with Gasteiger partial charge in [0.05, 0.1) is 12.1 Å². The summed E-state index contributed by atoms with van der Waals surface area (Å²) < 4.78 is 1.70. The number of hydrogen-bond acceptors (Lipinski definition) is 4. The first kappa shape index (κ1) is 24.5. The average Bonchev–Trinajstić information content (AvgIpc) is 3.44. The summed E-state index contributed by atoms with van der Waals surface area (Å²) in [6.07, 6.45) is 7.45. The van der Waals surface area contributed by atoms with E-state index in [1.807, 2.05) is 61.9 Å². The number of halogens is 1. The molecule has 34 heavy (non-hydrogen) atoms. The molecule has 8 heteroatoms. The summed E-state index contributed by atoms with van der Waals surface area (Å²) >= 11 is 8.02. The van der Waals surface area contributed by atoms with Crippen LogP contribution in [0.15, 0.2) is 48.0 Å². The van der Waals surface area contributed by atoms with Gasteiger partial charge in [-0.15, -0.1) is 11.3 Å². The molecule has 4 rings (SSSR count). The van der Waals surface area contributed by atoms with E-state index in [0.717, 1.165) is 47.4 Å². The topological polar surface area (TPSA) is 67.2 Å². The molecule has 2 amide bonds. The van der Waals surface area contributed by atoms with Crippen LogP contribution in [0.25, 0.3) is 0 Å². The standard InChI is InChI=1S/C26H31ClN4O2S/c1-18-22(17-30(2)29-18)25(26(33)28-20-10-4-3-5-11-20)31(16-19-9-6-7-13-23(19)27)24(32)15-21-12-8-14-34-21/h6-9,12-14,17,20,25H,3-5,10-11,15-16H2,1-2H3,(H,28,33)/t25-/m0/s1. The molecule has 1 atom stereocenters. The van der Waals surface area contributed by atoms with Gasteiger partial charge in [-0.2, -0.15) is 5.10 Å².